The van der Waals surface area contributed by atoms with Crippen LogP contribution in [0.25, 0.3) is 0 Å². The molecule has 1 aliphatic heterocycles. The van der Waals surface area contributed by atoms with E-state index in [-0.39, 0.29) is 18.2 Å². The first-order valence-electron chi connectivity index (χ1n) is 9.55. The molecule has 1 saturated heterocycles. The molecule has 26 heavy (non-hydrogen) atoms. The van der Waals surface area contributed by atoms with E-state index >= 15 is 0 Å². The number of aromatic amines is 1. The molecule has 140 valence electrons. The van der Waals surface area contributed by atoms with Crippen LogP contribution in [0.5, 0.6) is 0 Å². The van der Waals surface area contributed by atoms with Gasteiger partial charge in [0.1, 0.15) is 5.82 Å². The molecule has 0 saturated carbocycles. The fraction of sp³-hybridized carbons (Fsp3) is 0.550. The van der Waals surface area contributed by atoms with Gasteiger partial charge in [0.25, 0.3) is 0 Å². The SMILES string of the molecule is CC(C)c1n[nH]c(CC(=O)Nc2cccc(CN3CCCC[C@@H]3C)c2)n1. The number of carbonyl (C=O) groups is 1. The number of nitrogens with one attached hydrogen (secondary N) is 2. The number of hydrogen-bond acceptors (Lipinski definition) is 4. The second-order valence-corrected chi connectivity index (χ2v) is 7.54. The molecule has 1 amide bonds. The van der Waals surface area contributed by atoms with Crippen LogP contribution in [0.1, 0.15) is 63.2 Å². The molecular formula is C20H29N5O. The number of nitrogens with zero attached hydrogens (tertiary/aromatic N) is 3. The Kier molecular flexibility index (Phi) is 6.04. The third kappa shape index (κ3) is 4.91. The lowest BCUT2D eigenvalue weighted by molar-refractivity contribution is -0.115. The molecule has 2 aromatic rings. The zero-order valence-corrected chi connectivity index (χ0v) is 16.0. The summed E-state index contributed by atoms with van der Waals surface area (Å²) in [4.78, 5) is 19.2. The largest absolute Gasteiger partial charge is 0.326 e. The summed E-state index contributed by atoms with van der Waals surface area (Å²) in [5, 5.41) is 9.96. The summed E-state index contributed by atoms with van der Waals surface area (Å²) in [6.07, 6.45) is 4.07. The monoisotopic (exact) mass is 355 g/mol. The number of hydrogen-bond donors (Lipinski definition) is 2. The number of benzene rings is 1. The fourth-order valence-electron chi connectivity index (χ4n) is 3.38. The summed E-state index contributed by atoms with van der Waals surface area (Å²) >= 11 is 0. The van der Waals surface area contributed by atoms with E-state index in [4.69, 9.17) is 0 Å². The van der Waals surface area contributed by atoms with E-state index in [9.17, 15) is 4.79 Å². The maximum Gasteiger partial charge on any atom is 0.232 e. The number of anilines is 1. The summed E-state index contributed by atoms with van der Waals surface area (Å²) in [6, 6.07) is 8.76. The first-order chi connectivity index (χ1) is 12.5. The molecule has 2 N–H and O–H groups in total. The Morgan fingerprint density at radius 2 is 2.23 bits per heavy atom. The average molecular weight is 355 g/mol. The van der Waals surface area contributed by atoms with Gasteiger partial charge in [-0.15, -0.1) is 0 Å². The van der Waals surface area contributed by atoms with Gasteiger partial charge in [0.2, 0.25) is 5.91 Å². The minimum Gasteiger partial charge on any atom is -0.326 e. The number of likely N-dealkylation sites (tertiary alicyclic amines) is 1. The molecule has 0 radical (unpaired) electrons. The predicted molar refractivity (Wildman–Crippen MR) is 103 cm³/mol. The smallest absolute Gasteiger partial charge is 0.232 e. The predicted octanol–water partition coefficient (Wildman–Crippen LogP) is 3.48. The molecule has 0 bridgehead atoms. The second kappa shape index (κ2) is 8.45. The highest BCUT2D eigenvalue weighted by atomic mass is 16.1. The number of H-pyrrole nitrogens is 1. The molecule has 1 fully saturated rings. The van der Waals surface area contributed by atoms with Crippen LogP contribution in [0.2, 0.25) is 0 Å². The molecular weight excluding hydrogens is 326 g/mol. The lowest BCUT2D eigenvalue weighted by Gasteiger charge is -2.33. The number of aromatic nitrogens is 3. The van der Waals surface area contributed by atoms with Crippen molar-refractivity contribution < 1.29 is 4.79 Å². The highest BCUT2D eigenvalue weighted by Crippen LogP contribution is 2.20. The summed E-state index contributed by atoms with van der Waals surface area (Å²) in [5.41, 5.74) is 2.07. The standard InChI is InChI=1S/C20H29N5O/c1-14(2)20-22-18(23-24-20)12-19(26)21-17-9-6-8-16(11-17)13-25-10-5-4-7-15(25)3/h6,8-9,11,14-15H,4-5,7,10,12-13H2,1-3H3,(H,21,26)(H,22,23,24)/t15-/m0/s1. The molecule has 0 aliphatic carbocycles. The number of amides is 1. The van der Waals surface area contributed by atoms with Gasteiger partial charge in [0, 0.05) is 24.2 Å². The van der Waals surface area contributed by atoms with Gasteiger partial charge in [-0.2, -0.15) is 5.10 Å². The highest BCUT2D eigenvalue weighted by Gasteiger charge is 2.18. The average Bonchev–Trinajstić information content (AvgIpc) is 3.06. The van der Waals surface area contributed by atoms with Crippen molar-refractivity contribution >= 4 is 11.6 Å². The Morgan fingerprint density at radius 3 is 2.96 bits per heavy atom. The van der Waals surface area contributed by atoms with Gasteiger partial charge >= 0.3 is 0 Å². The van der Waals surface area contributed by atoms with E-state index in [0.717, 1.165) is 24.6 Å². The van der Waals surface area contributed by atoms with Gasteiger partial charge < -0.3 is 5.32 Å². The zero-order valence-electron chi connectivity index (χ0n) is 16.0. The van der Waals surface area contributed by atoms with Crippen LogP contribution in [-0.4, -0.2) is 38.6 Å². The van der Waals surface area contributed by atoms with Crippen LogP contribution >= 0.6 is 0 Å². The van der Waals surface area contributed by atoms with Gasteiger partial charge in [0.05, 0.1) is 6.42 Å². The molecule has 1 aliphatic rings. The lowest BCUT2D eigenvalue weighted by atomic mass is 10.0. The Bertz CT molecular complexity index is 739. The summed E-state index contributed by atoms with van der Waals surface area (Å²) < 4.78 is 0. The number of rotatable bonds is 6. The van der Waals surface area contributed by atoms with E-state index in [2.05, 4.69) is 44.5 Å². The van der Waals surface area contributed by atoms with Crippen molar-refractivity contribution in [3.05, 3.63) is 41.5 Å². The van der Waals surface area contributed by atoms with Crippen molar-refractivity contribution in [2.45, 2.75) is 65.0 Å². The van der Waals surface area contributed by atoms with E-state index in [1.807, 2.05) is 26.0 Å². The van der Waals surface area contributed by atoms with Gasteiger partial charge in [-0.1, -0.05) is 32.4 Å². The molecule has 6 nitrogen and oxygen atoms in total. The zero-order chi connectivity index (χ0) is 18.5. The molecule has 1 atom stereocenters. The molecule has 0 spiro atoms. The van der Waals surface area contributed by atoms with Crippen LogP contribution in [0.15, 0.2) is 24.3 Å². The van der Waals surface area contributed by atoms with Crippen molar-refractivity contribution in [1.82, 2.24) is 20.1 Å². The first kappa shape index (κ1) is 18.6. The van der Waals surface area contributed by atoms with Crippen molar-refractivity contribution in [2.75, 3.05) is 11.9 Å². The molecule has 3 rings (SSSR count). The minimum atomic E-state index is -0.0834. The maximum absolute atomic E-state index is 12.3. The van der Waals surface area contributed by atoms with Crippen molar-refractivity contribution in [2.24, 2.45) is 0 Å². The fourth-order valence-corrected chi connectivity index (χ4v) is 3.38. The van der Waals surface area contributed by atoms with Crippen LogP contribution in [0.4, 0.5) is 5.69 Å². The third-order valence-corrected chi connectivity index (χ3v) is 4.93. The molecule has 2 heterocycles. The lowest BCUT2D eigenvalue weighted by Crippen LogP contribution is -2.36. The van der Waals surface area contributed by atoms with Gasteiger partial charge in [0.15, 0.2) is 5.82 Å². The summed E-state index contributed by atoms with van der Waals surface area (Å²) in [7, 11) is 0. The van der Waals surface area contributed by atoms with Crippen molar-refractivity contribution in [3.8, 4) is 0 Å². The Balaban J connectivity index is 1.58. The Morgan fingerprint density at radius 1 is 1.38 bits per heavy atom. The quantitative estimate of drug-likeness (QED) is 0.832. The summed E-state index contributed by atoms with van der Waals surface area (Å²) in [6.45, 7) is 8.45. The van der Waals surface area contributed by atoms with E-state index in [0.29, 0.717) is 11.9 Å². The van der Waals surface area contributed by atoms with Gasteiger partial charge in [-0.3, -0.25) is 14.8 Å². The Hall–Kier alpha value is -2.21. The van der Waals surface area contributed by atoms with Gasteiger partial charge in [-0.05, 0) is 44.0 Å². The van der Waals surface area contributed by atoms with Crippen LogP contribution in [-0.2, 0) is 17.8 Å². The topological polar surface area (TPSA) is 73.9 Å². The Labute approximate surface area is 155 Å². The normalized spacial score (nSPS) is 18.2. The second-order valence-electron chi connectivity index (χ2n) is 7.54. The minimum absolute atomic E-state index is 0.0834. The van der Waals surface area contributed by atoms with E-state index in [1.165, 1.54) is 24.8 Å². The molecule has 1 aromatic carbocycles. The van der Waals surface area contributed by atoms with Crippen LogP contribution in [0, 0.1) is 0 Å². The van der Waals surface area contributed by atoms with E-state index in [1.54, 1.807) is 0 Å². The highest BCUT2D eigenvalue weighted by molar-refractivity contribution is 5.91. The molecule has 6 heteroatoms. The molecule has 0 unspecified atom stereocenters. The van der Waals surface area contributed by atoms with Gasteiger partial charge in [-0.25, -0.2) is 4.98 Å². The first-order valence-corrected chi connectivity index (χ1v) is 9.55. The summed E-state index contributed by atoms with van der Waals surface area (Å²) in [5.74, 6) is 1.51. The van der Waals surface area contributed by atoms with Crippen molar-refractivity contribution in [1.29, 1.82) is 0 Å². The van der Waals surface area contributed by atoms with Crippen LogP contribution in [0.3, 0.4) is 0 Å². The third-order valence-electron chi connectivity index (χ3n) is 4.93. The maximum atomic E-state index is 12.3. The van der Waals surface area contributed by atoms with Crippen molar-refractivity contribution in [3.63, 3.8) is 0 Å². The number of carbonyl (C=O) groups excluding carboxylic acids is 1. The van der Waals surface area contributed by atoms with Crippen LogP contribution < -0.4 is 5.32 Å². The molecule has 1 aromatic heterocycles. The number of piperidine rings is 1. The van der Waals surface area contributed by atoms with E-state index < -0.39 is 0 Å².